The highest BCUT2D eigenvalue weighted by Gasteiger charge is 2.35. The number of halogens is 1. The summed E-state index contributed by atoms with van der Waals surface area (Å²) < 4.78 is 43.2. The number of aryl methyl sites for hydroxylation is 1. The van der Waals surface area contributed by atoms with Crippen molar-refractivity contribution in [3.8, 4) is 17.2 Å². The molecule has 1 aliphatic heterocycles. The second-order valence-electron chi connectivity index (χ2n) is 10.2. The summed E-state index contributed by atoms with van der Waals surface area (Å²) in [5.41, 5.74) is 3.05. The summed E-state index contributed by atoms with van der Waals surface area (Å²) in [5.74, 6) is 0.345. The highest BCUT2D eigenvalue weighted by atomic mass is 127. The van der Waals surface area contributed by atoms with Gasteiger partial charge < -0.3 is 19.0 Å². The number of methoxy groups -OCH3 is 1. The Hall–Kier alpha value is -3.56. The Kier molecular flexibility index (Phi) is 10.6. The lowest BCUT2D eigenvalue weighted by Crippen LogP contribution is -2.32. The minimum atomic E-state index is -4.25. The van der Waals surface area contributed by atoms with E-state index in [0.29, 0.717) is 14.8 Å². The van der Waals surface area contributed by atoms with Gasteiger partial charge in [-0.3, -0.25) is 19.3 Å². The van der Waals surface area contributed by atoms with Gasteiger partial charge in [-0.15, -0.1) is 0 Å². The van der Waals surface area contributed by atoms with Gasteiger partial charge in [-0.2, -0.15) is 8.42 Å². The minimum absolute atomic E-state index is 0.0293. The minimum Gasteiger partial charge on any atom is -0.493 e. The second-order valence-corrected chi connectivity index (χ2v) is 13.9. The predicted molar refractivity (Wildman–Crippen MR) is 178 cm³/mol. The molecule has 0 radical (unpaired) electrons. The van der Waals surface area contributed by atoms with Gasteiger partial charge in [0.05, 0.1) is 22.1 Å². The van der Waals surface area contributed by atoms with Crippen LogP contribution in [0.1, 0.15) is 43.4 Å². The molecule has 13 heteroatoms. The maximum Gasteiger partial charge on any atom is 0.339 e. The zero-order chi connectivity index (χ0) is 32.2. The molecule has 0 aliphatic carbocycles. The van der Waals surface area contributed by atoms with Gasteiger partial charge in [-0.05, 0) is 112 Å². The van der Waals surface area contributed by atoms with Crippen LogP contribution in [0, 0.1) is 10.5 Å². The third-order valence-corrected chi connectivity index (χ3v) is 9.39. The van der Waals surface area contributed by atoms with Crippen molar-refractivity contribution >= 4 is 73.3 Å². The Morgan fingerprint density at radius 1 is 1.07 bits per heavy atom. The van der Waals surface area contributed by atoms with E-state index >= 15 is 0 Å². The zero-order valence-corrected chi connectivity index (χ0v) is 28.5. The molecule has 0 saturated carbocycles. The fourth-order valence-corrected chi connectivity index (χ4v) is 7.01. The number of hydrogen-bond donors (Lipinski definition) is 1. The van der Waals surface area contributed by atoms with Crippen LogP contribution in [-0.2, 0) is 19.7 Å². The lowest BCUT2D eigenvalue weighted by molar-refractivity contribution is -0.123. The van der Waals surface area contributed by atoms with E-state index in [9.17, 15) is 22.8 Å². The third kappa shape index (κ3) is 7.93. The van der Waals surface area contributed by atoms with Crippen LogP contribution >= 0.6 is 34.4 Å². The zero-order valence-electron chi connectivity index (χ0n) is 24.7. The summed E-state index contributed by atoms with van der Waals surface area (Å²) >= 11 is 2.73. The standard InChI is InChI=1S/C31H31IN2O8S2/c1-18(2)24-11-6-19(3)14-26(24)41-13-12-34-30(36)28(43-31(34)37)17-21-15-25(32)29(27(16-21)40-5)42-44(38,39)23-9-7-22(8-10-23)33-20(4)35/h6-11,14-18H,12-13H2,1-5H3,(H,33,35)/b28-17-. The number of nitrogens with zero attached hydrogens (tertiary/aromatic N) is 1. The molecule has 0 aromatic heterocycles. The summed E-state index contributed by atoms with van der Waals surface area (Å²) in [4.78, 5) is 38.3. The number of hydrogen-bond acceptors (Lipinski definition) is 9. The normalized spacial score (nSPS) is 14.3. The molecule has 232 valence electrons. The summed E-state index contributed by atoms with van der Waals surface area (Å²) in [6.45, 7) is 7.70. The smallest absolute Gasteiger partial charge is 0.339 e. The molecule has 1 aliphatic rings. The highest BCUT2D eigenvalue weighted by Crippen LogP contribution is 2.39. The fraction of sp³-hybridized carbons (Fsp3) is 0.258. The largest absolute Gasteiger partial charge is 0.493 e. The lowest BCUT2D eigenvalue weighted by atomic mass is 10.0. The first kappa shape index (κ1) is 33.3. The summed E-state index contributed by atoms with van der Waals surface area (Å²) in [5, 5.41) is 2.16. The maximum absolute atomic E-state index is 13.1. The maximum atomic E-state index is 13.1. The number of anilines is 1. The molecule has 3 aromatic rings. The van der Waals surface area contributed by atoms with Gasteiger partial charge in [0.1, 0.15) is 17.3 Å². The van der Waals surface area contributed by atoms with Crippen LogP contribution in [-0.4, -0.2) is 50.6 Å². The molecule has 0 atom stereocenters. The van der Waals surface area contributed by atoms with Crippen LogP contribution in [0.15, 0.2) is 64.4 Å². The van der Waals surface area contributed by atoms with Crippen molar-refractivity contribution in [3.63, 3.8) is 0 Å². The monoisotopic (exact) mass is 750 g/mol. The van der Waals surface area contributed by atoms with Gasteiger partial charge in [-0.25, -0.2) is 0 Å². The fourth-order valence-electron chi connectivity index (χ4n) is 4.30. The Labute approximate surface area is 274 Å². The predicted octanol–water partition coefficient (Wildman–Crippen LogP) is 6.57. The molecule has 1 fully saturated rings. The summed E-state index contributed by atoms with van der Waals surface area (Å²) in [6.07, 6.45) is 1.55. The van der Waals surface area contributed by atoms with E-state index in [0.717, 1.165) is 33.5 Å². The molecule has 1 saturated heterocycles. The first-order valence-electron chi connectivity index (χ1n) is 13.5. The van der Waals surface area contributed by atoms with E-state index in [1.165, 1.54) is 44.4 Å². The van der Waals surface area contributed by atoms with Gasteiger partial charge in [0.15, 0.2) is 11.5 Å². The van der Waals surface area contributed by atoms with E-state index in [1.54, 1.807) is 12.1 Å². The summed E-state index contributed by atoms with van der Waals surface area (Å²) in [6, 6.07) is 14.7. The topological polar surface area (TPSA) is 128 Å². The molecule has 0 bridgehead atoms. The quantitative estimate of drug-likeness (QED) is 0.132. The van der Waals surface area contributed by atoms with Crippen molar-refractivity contribution < 1.29 is 36.5 Å². The molecule has 4 rings (SSSR count). The van der Waals surface area contributed by atoms with Crippen LogP contribution in [0.3, 0.4) is 0 Å². The van der Waals surface area contributed by atoms with Crippen molar-refractivity contribution in [1.29, 1.82) is 0 Å². The molecule has 1 N–H and O–H groups in total. The molecule has 0 spiro atoms. The first-order chi connectivity index (χ1) is 20.8. The molecule has 3 aromatic carbocycles. The molecular weight excluding hydrogens is 719 g/mol. The highest BCUT2D eigenvalue weighted by molar-refractivity contribution is 14.1. The van der Waals surface area contributed by atoms with Crippen molar-refractivity contribution in [2.45, 2.75) is 38.5 Å². The number of ether oxygens (including phenoxy) is 2. The van der Waals surface area contributed by atoms with Gasteiger partial charge in [-0.1, -0.05) is 26.0 Å². The molecule has 10 nitrogen and oxygen atoms in total. The Morgan fingerprint density at radius 2 is 1.77 bits per heavy atom. The van der Waals surface area contributed by atoms with Crippen LogP contribution in [0.4, 0.5) is 10.5 Å². The van der Waals surface area contributed by atoms with E-state index in [-0.39, 0.29) is 46.3 Å². The number of rotatable bonds is 11. The number of benzene rings is 3. The van der Waals surface area contributed by atoms with Crippen LogP contribution in [0.25, 0.3) is 6.08 Å². The summed E-state index contributed by atoms with van der Waals surface area (Å²) in [7, 11) is -2.88. The number of amides is 3. The SMILES string of the molecule is COc1cc(/C=C2\SC(=O)N(CCOc3cc(C)ccc3C(C)C)C2=O)cc(I)c1OS(=O)(=O)c1ccc(NC(C)=O)cc1. The van der Waals surface area contributed by atoms with Crippen molar-refractivity contribution in [2.75, 3.05) is 25.6 Å². The molecule has 44 heavy (non-hydrogen) atoms. The van der Waals surface area contributed by atoms with Crippen LogP contribution < -0.4 is 19.0 Å². The molecular formula is C31H31IN2O8S2. The number of imide groups is 1. The van der Waals surface area contributed by atoms with Crippen LogP contribution in [0.2, 0.25) is 0 Å². The Balaban J connectivity index is 1.48. The van der Waals surface area contributed by atoms with E-state index in [2.05, 4.69) is 19.2 Å². The number of carbonyl (C=O) groups excluding carboxylic acids is 3. The van der Waals surface area contributed by atoms with E-state index in [1.807, 2.05) is 47.7 Å². The Morgan fingerprint density at radius 3 is 2.41 bits per heavy atom. The Bertz CT molecular complexity index is 1740. The third-order valence-electron chi connectivity index (χ3n) is 6.44. The number of carbonyl (C=O) groups is 3. The lowest BCUT2D eigenvalue weighted by Gasteiger charge is -2.17. The molecule has 1 heterocycles. The van der Waals surface area contributed by atoms with Crippen molar-refractivity contribution in [3.05, 3.63) is 79.8 Å². The van der Waals surface area contributed by atoms with Crippen molar-refractivity contribution in [1.82, 2.24) is 4.90 Å². The van der Waals surface area contributed by atoms with E-state index in [4.69, 9.17) is 13.7 Å². The average Bonchev–Trinajstić information content (AvgIpc) is 3.21. The molecule has 0 unspecified atom stereocenters. The second kappa shape index (κ2) is 14.0. The van der Waals surface area contributed by atoms with Gasteiger partial charge in [0.25, 0.3) is 11.1 Å². The van der Waals surface area contributed by atoms with Crippen LogP contribution in [0.5, 0.6) is 17.2 Å². The van der Waals surface area contributed by atoms with Gasteiger partial charge in [0.2, 0.25) is 5.91 Å². The van der Waals surface area contributed by atoms with Gasteiger partial charge in [0, 0.05) is 12.6 Å². The van der Waals surface area contributed by atoms with Crippen molar-refractivity contribution in [2.24, 2.45) is 0 Å². The average molecular weight is 751 g/mol. The molecule has 3 amide bonds. The first-order valence-corrected chi connectivity index (χ1v) is 16.8. The number of thioether (sulfide) groups is 1. The van der Waals surface area contributed by atoms with E-state index < -0.39 is 21.3 Å². The number of nitrogens with one attached hydrogen (secondary N) is 1. The van der Waals surface area contributed by atoms with Gasteiger partial charge >= 0.3 is 10.1 Å².